The quantitative estimate of drug-likeness (QED) is 0.331. The summed E-state index contributed by atoms with van der Waals surface area (Å²) >= 11 is 6.20. The lowest BCUT2D eigenvalue weighted by atomic mass is 10.1. The van der Waals surface area contributed by atoms with Crippen LogP contribution in [-0.4, -0.2) is 37.4 Å². The molecule has 0 aliphatic carbocycles. The van der Waals surface area contributed by atoms with Crippen molar-refractivity contribution in [2.75, 3.05) is 29.3 Å². The van der Waals surface area contributed by atoms with Crippen molar-refractivity contribution in [2.24, 2.45) is 0 Å². The third-order valence-corrected chi connectivity index (χ3v) is 5.76. The first-order valence-electron chi connectivity index (χ1n) is 11.2. The topological polar surface area (TPSA) is 114 Å². The number of methoxy groups -OCH3 is 1. The molecule has 0 aromatic heterocycles. The number of anilines is 3. The van der Waals surface area contributed by atoms with Gasteiger partial charge in [0.15, 0.2) is 0 Å². The van der Waals surface area contributed by atoms with E-state index >= 15 is 0 Å². The van der Waals surface area contributed by atoms with E-state index in [4.69, 9.17) is 16.3 Å². The molecule has 3 aromatic carbocycles. The van der Waals surface area contributed by atoms with Crippen LogP contribution in [0.15, 0.2) is 83.5 Å². The SMILES string of the molecule is CCOc1ccc(N2C(=O)C(Cl)=C(Nc3ccc(C(=O)Nc4ccc(C(=O)OC)cc4)cc3)C2=O)cc1. The molecular formula is C27H22ClN3O6. The van der Waals surface area contributed by atoms with E-state index in [1.165, 1.54) is 7.11 Å². The summed E-state index contributed by atoms with van der Waals surface area (Å²) in [5, 5.41) is 5.37. The Bertz CT molecular complexity index is 1380. The number of imide groups is 1. The Kier molecular flexibility index (Phi) is 7.55. The molecule has 0 saturated heterocycles. The van der Waals surface area contributed by atoms with Crippen molar-refractivity contribution in [3.05, 3.63) is 94.7 Å². The van der Waals surface area contributed by atoms with E-state index in [1.54, 1.807) is 72.8 Å². The van der Waals surface area contributed by atoms with Crippen LogP contribution >= 0.6 is 11.6 Å². The molecule has 37 heavy (non-hydrogen) atoms. The minimum Gasteiger partial charge on any atom is -0.494 e. The first kappa shape index (κ1) is 25.5. The van der Waals surface area contributed by atoms with E-state index in [9.17, 15) is 19.2 Å². The van der Waals surface area contributed by atoms with Gasteiger partial charge in [0.1, 0.15) is 16.5 Å². The zero-order chi connectivity index (χ0) is 26.5. The molecule has 1 aliphatic heterocycles. The number of nitrogens with zero attached hydrogens (tertiary/aromatic N) is 1. The van der Waals surface area contributed by atoms with Gasteiger partial charge in [0, 0.05) is 16.9 Å². The number of hydrogen-bond donors (Lipinski definition) is 2. The molecule has 0 unspecified atom stereocenters. The van der Waals surface area contributed by atoms with Gasteiger partial charge in [-0.15, -0.1) is 0 Å². The Hall–Kier alpha value is -4.63. The summed E-state index contributed by atoms with van der Waals surface area (Å²) in [5.74, 6) is -1.47. The van der Waals surface area contributed by atoms with Gasteiger partial charge in [-0.25, -0.2) is 9.69 Å². The first-order valence-corrected chi connectivity index (χ1v) is 11.6. The molecule has 0 fully saturated rings. The molecule has 0 spiro atoms. The largest absolute Gasteiger partial charge is 0.494 e. The van der Waals surface area contributed by atoms with Gasteiger partial charge in [0.05, 0.1) is 25.0 Å². The Balaban J connectivity index is 1.42. The number of halogens is 1. The van der Waals surface area contributed by atoms with Crippen LogP contribution in [0, 0.1) is 0 Å². The average Bonchev–Trinajstić information content (AvgIpc) is 3.12. The molecule has 0 bridgehead atoms. The van der Waals surface area contributed by atoms with Crippen LogP contribution in [0.4, 0.5) is 17.1 Å². The lowest BCUT2D eigenvalue weighted by Gasteiger charge is -2.15. The second-order valence-electron chi connectivity index (χ2n) is 7.79. The minimum absolute atomic E-state index is 0.0663. The average molecular weight is 520 g/mol. The molecule has 0 atom stereocenters. The van der Waals surface area contributed by atoms with Gasteiger partial charge >= 0.3 is 5.97 Å². The highest BCUT2D eigenvalue weighted by molar-refractivity contribution is 6.53. The number of amides is 3. The second-order valence-corrected chi connectivity index (χ2v) is 8.16. The summed E-state index contributed by atoms with van der Waals surface area (Å²) in [6.07, 6.45) is 0. The molecule has 10 heteroatoms. The molecule has 188 valence electrons. The second kappa shape index (κ2) is 11.0. The number of rotatable bonds is 8. The molecule has 3 amide bonds. The standard InChI is InChI=1S/C27H22ClN3O6/c1-3-37-21-14-12-20(13-15-21)31-25(33)22(28)23(26(31)34)29-18-8-4-16(5-9-18)24(32)30-19-10-6-17(7-11-19)27(35)36-2/h4-15,29H,3H2,1-2H3,(H,30,32). The van der Waals surface area contributed by atoms with E-state index in [-0.39, 0.29) is 16.6 Å². The fraction of sp³-hybridized carbons (Fsp3) is 0.111. The van der Waals surface area contributed by atoms with Crippen LogP contribution in [-0.2, 0) is 14.3 Å². The van der Waals surface area contributed by atoms with Crippen LogP contribution in [0.1, 0.15) is 27.6 Å². The van der Waals surface area contributed by atoms with E-state index < -0.39 is 17.8 Å². The van der Waals surface area contributed by atoms with E-state index in [0.717, 1.165) is 4.90 Å². The van der Waals surface area contributed by atoms with Crippen molar-refractivity contribution in [1.82, 2.24) is 0 Å². The normalized spacial score (nSPS) is 13.0. The van der Waals surface area contributed by atoms with Crippen molar-refractivity contribution in [2.45, 2.75) is 6.92 Å². The molecule has 4 rings (SSSR count). The van der Waals surface area contributed by atoms with Gasteiger partial charge in [0.2, 0.25) is 0 Å². The smallest absolute Gasteiger partial charge is 0.337 e. The lowest BCUT2D eigenvalue weighted by molar-refractivity contribution is -0.120. The van der Waals surface area contributed by atoms with Gasteiger partial charge in [-0.1, -0.05) is 11.6 Å². The van der Waals surface area contributed by atoms with Crippen molar-refractivity contribution < 1.29 is 28.7 Å². The summed E-state index contributed by atoms with van der Waals surface area (Å²) in [7, 11) is 1.29. The van der Waals surface area contributed by atoms with Crippen LogP contribution in [0.3, 0.4) is 0 Å². The van der Waals surface area contributed by atoms with Crippen LogP contribution in [0.5, 0.6) is 5.75 Å². The highest BCUT2D eigenvalue weighted by Gasteiger charge is 2.39. The maximum absolute atomic E-state index is 13.0. The van der Waals surface area contributed by atoms with E-state index in [2.05, 4.69) is 15.4 Å². The van der Waals surface area contributed by atoms with Crippen molar-refractivity contribution in [1.29, 1.82) is 0 Å². The Morgan fingerprint density at radius 2 is 1.43 bits per heavy atom. The summed E-state index contributed by atoms with van der Waals surface area (Å²) < 4.78 is 10.0. The molecule has 1 heterocycles. The van der Waals surface area contributed by atoms with Gasteiger partial charge in [0.25, 0.3) is 17.7 Å². The monoisotopic (exact) mass is 519 g/mol. The fourth-order valence-electron chi connectivity index (χ4n) is 3.56. The molecule has 1 aliphatic rings. The van der Waals surface area contributed by atoms with Crippen molar-refractivity contribution in [3.63, 3.8) is 0 Å². The zero-order valence-corrected chi connectivity index (χ0v) is 20.7. The number of hydrogen-bond acceptors (Lipinski definition) is 7. The van der Waals surface area contributed by atoms with Gasteiger partial charge in [-0.3, -0.25) is 14.4 Å². The zero-order valence-electron chi connectivity index (χ0n) is 19.9. The first-order chi connectivity index (χ1) is 17.8. The highest BCUT2D eigenvalue weighted by Crippen LogP contribution is 2.31. The third-order valence-electron chi connectivity index (χ3n) is 5.41. The predicted octanol–water partition coefficient (Wildman–Crippen LogP) is 4.56. The summed E-state index contributed by atoms with van der Waals surface area (Å²) in [6.45, 7) is 2.35. The lowest BCUT2D eigenvalue weighted by Crippen LogP contribution is -2.32. The van der Waals surface area contributed by atoms with E-state index in [0.29, 0.717) is 40.5 Å². The van der Waals surface area contributed by atoms with Gasteiger partial charge in [-0.05, 0) is 79.7 Å². The Labute approximate surface area is 217 Å². The molecule has 9 nitrogen and oxygen atoms in total. The summed E-state index contributed by atoms with van der Waals surface area (Å²) in [6, 6.07) is 19.1. The molecule has 3 aromatic rings. The maximum atomic E-state index is 13.0. The van der Waals surface area contributed by atoms with E-state index in [1.807, 2.05) is 6.92 Å². The van der Waals surface area contributed by atoms with Crippen molar-refractivity contribution in [3.8, 4) is 5.75 Å². The number of esters is 1. The predicted molar refractivity (Wildman–Crippen MR) is 139 cm³/mol. The molecule has 2 N–H and O–H groups in total. The maximum Gasteiger partial charge on any atom is 0.337 e. The van der Waals surface area contributed by atoms with Crippen LogP contribution in [0.2, 0.25) is 0 Å². The molecule has 0 saturated carbocycles. The highest BCUT2D eigenvalue weighted by atomic mass is 35.5. The number of carbonyl (C=O) groups excluding carboxylic acids is 4. The van der Waals surface area contributed by atoms with Gasteiger partial charge < -0.3 is 20.1 Å². The summed E-state index contributed by atoms with van der Waals surface area (Å²) in [5.41, 5.74) is 1.98. The number of nitrogens with one attached hydrogen (secondary N) is 2. The molecular weight excluding hydrogens is 498 g/mol. The van der Waals surface area contributed by atoms with Crippen LogP contribution < -0.4 is 20.3 Å². The Morgan fingerprint density at radius 3 is 2.03 bits per heavy atom. The number of benzene rings is 3. The van der Waals surface area contributed by atoms with Gasteiger partial charge in [-0.2, -0.15) is 0 Å². The molecule has 0 radical (unpaired) electrons. The Morgan fingerprint density at radius 1 is 0.838 bits per heavy atom. The number of ether oxygens (including phenoxy) is 2. The fourth-order valence-corrected chi connectivity index (χ4v) is 3.78. The summed E-state index contributed by atoms with van der Waals surface area (Å²) in [4.78, 5) is 50.8. The minimum atomic E-state index is -0.646. The van der Waals surface area contributed by atoms with Crippen molar-refractivity contribution >= 4 is 52.4 Å². The third kappa shape index (κ3) is 5.46. The van der Waals surface area contributed by atoms with Crippen LogP contribution in [0.25, 0.3) is 0 Å². The number of carbonyl (C=O) groups is 4.